The van der Waals surface area contributed by atoms with Gasteiger partial charge in [0, 0.05) is 26.2 Å². The SMILES string of the molecule is CCN(CC)C(CNC(=NC)NCCC(F)(F)F)CC(C)C.I. The molecule has 0 amide bonds. The molecule has 23 heavy (non-hydrogen) atoms. The molecule has 0 bridgehead atoms. The van der Waals surface area contributed by atoms with Crippen molar-refractivity contribution in [2.75, 3.05) is 33.2 Å². The fourth-order valence-corrected chi connectivity index (χ4v) is 2.40. The van der Waals surface area contributed by atoms with Crippen molar-refractivity contribution in [2.45, 2.75) is 52.8 Å². The lowest BCUT2D eigenvalue weighted by Crippen LogP contribution is -2.48. The van der Waals surface area contributed by atoms with Gasteiger partial charge in [-0.1, -0.05) is 27.7 Å². The highest BCUT2D eigenvalue weighted by Crippen LogP contribution is 2.18. The van der Waals surface area contributed by atoms with E-state index >= 15 is 0 Å². The fourth-order valence-electron chi connectivity index (χ4n) is 2.40. The van der Waals surface area contributed by atoms with E-state index in [-0.39, 0.29) is 30.5 Å². The van der Waals surface area contributed by atoms with E-state index in [2.05, 4.69) is 48.2 Å². The molecular weight excluding hydrogens is 420 g/mol. The Bertz CT molecular complexity index is 318. The average molecular weight is 452 g/mol. The fraction of sp³-hybridized carbons (Fsp3) is 0.933. The Morgan fingerprint density at radius 1 is 1.13 bits per heavy atom. The van der Waals surface area contributed by atoms with Gasteiger partial charge in [0.05, 0.1) is 6.42 Å². The minimum Gasteiger partial charge on any atom is -0.356 e. The molecular formula is C15H32F3IN4. The smallest absolute Gasteiger partial charge is 0.356 e. The van der Waals surface area contributed by atoms with Crippen LogP contribution in [0.4, 0.5) is 13.2 Å². The maximum Gasteiger partial charge on any atom is 0.390 e. The van der Waals surface area contributed by atoms with Crippen LogP contribution < -0.4 is 10.6 Å². The summed E-state index contributed by atoms with van der Waals surface area (Å²) in [7, 11) is 1.57. The van der Waals surface area contributed by atoms with Gasteiger partial charge in [-0.25, -0.2) is 0 Å². The van der Waals surface area contributed by atoms with Crippen LogP contribution in [0.5, 0.6) is 0 Å². The second kappa shape index (κ2) is 13.1. The molecule has 0 aromatic heterocycles. The van der Waals surface area contributed by atoms with E-state index < -0.39 is 12.6 Å². The van der Waals surface area contributed by atoms with Gasteiger partial charge in [-0.05, 0) is 25.4 Å². The van der Waals surface area contributed by atoms with Crippen LogP contribution in [0.2, 0.25) is 0 Å². The minimum atomic E-state index is -4.15. The Morgan fingerprint density at radius 3 is 2.09 bits per heavy atom. The van der Waals surface area contributed by atoms with E-state index in [0.29, 0.717) is 24.5 Å². The molecule has 0 aliphatic heterocycles. The Morgan fingerprint density at radius 2 is 1.70 bits per heavy atom. The molecule has 2 N–H and O–H groups in total. The maximum absolute atomic E-state index is 12.2. The quantitative estimate of drug-likeness (QED) is 0.320. The first-order valence-electron chi connectivity index (χ1n) is 7.98. The van der Waals surface area contributed by atoms with Gasteiger partial charge in [-0.3, -0.25) is 9.89 Å². The lowest BCUT2D eigenvalue weighted by Gasteiger charge is -2.31. The molecule has 0 spiro atoms. The molecule has 1 atom stereocenters. The molecule has 0 aromatic rings. The van der Waals surface area contributed by atoms with Crippen molar-refractivity contribution in [2.24, 2.45) is 10.9 Å². The Hall–Kier alpha value is -0.250. The zero-order chi connectivity index (χ0) is 17.2. The molecule has 8 heteroatoms. The zero-order valence-corrected chi connectivity index (χ0v) is 17.2. The first kappa shape index (κ1) is 25.0. The monoisotopic (exact) mass is 452 g/mol. The van der Waals surface area contributed by atoms with Crippen LogP contribution in [0.3, 0.4) is 0 Å². The van der Waals surface area contributed by atoms with E-state index in [9.17, 15) is 13.2 Å². The molecule has 0 rings (SSSR count). The highest BCUT2D eigenvalue weighted by Gasteiger charge is 2.26. The first-order valence-corrected chi connectivity index (χ1v) is 7.98. The normalized spacial score (nSPS) is 13.9. The number of hydrogen-bond acceptors (Lipinski definition) is 2. The summed E-state index contributed by atoms with van der Waals surface area (Å²) in [6, 6.07) is 0.344. The Labute approximate surface area is 155 Å². The van der Waals surface area contributed by atoms with Crippen molar-refractivity contribution in [3.05, 3.63) is 0 Å². The van der Waals surface area contributed by atoms with E-state index in [1.54, 1.807) is 7.05 Å². The van der Waals surface area contributed by atoms with Crippen LogP contribution in [0, 0.1) is 5.92 Å². The second-order valence-corrected chi connectivity index (χ2v) is 5.75. The van der Waals surface area contributed by atoms with Gasteiger partial charge in [0.25, 0.3) is 0 Å². The summed E-state index contributed by atoms with van der Waals surface area (Å²) in [6.45, 7) is 11.0. The van der Waals surface area contributed by atoms with Crippen LogP contribution in [0.1, 0.15) is 40.5 Å². The third-order valence-electron chi connectivity index (χ3n) is 3.50. The number of halogens is 4. The summed E-state index contributed by atoms with van der Waals surface area (Å²) >= 11 is 0. The lowest BCUT2D eigenvalue weighted by molar-refractivity contribution is -0.132. The molecule has 1 unspecified atom stereocenters. The van der Waals surface area contributed by atoms with Crippen molar-refractivity contribution < 1.29 is 13.2 Å². The van der Waals surface area contributed by atoms with Crippen molar-refractivity contribution in [1.82, 2.24) is 15.5 Å². The molecule has 0 fully saturated rings. The van der Waals surface area contributed by atoms with Crippen molar-refractivity contribution >= 4 is 29.9 Å². The zero-order valence-electron chi connectivity index (χ0n) is 14.8. The predicted octanol–water partition coefficient (Wildman–Crippen LogP) is 3.48. The summed E-state index contributed by atoms with van der Waals surface area (Å²) in [5.74, 6) is 0.984. The summed E-state index contributed by atoms with van der Waals surface area (Å²) < 4.78 is 36.5. The number of nitrogens with zero attached hydrogens (tertiary/aromatic N) is 2. The van der Waals surface area contributed by atoms with Gasteiger partial charge in [-0.15, -0.1) is 24.0 Å². The molecule has 4 nitrogen and oxygen atoms in total. The third kappa shape index (κ3) is 12.8. The molecule has 0 aliphatic carbocycles. The van der Waals surface area contributed by atoms with E-state index in [1.165, 1.54) is 0 Å². The van der Waals surface area contributed by atoms with E-state index in [4.69, 9.17) is 0 Å². The van der Waals surface area contributed by atoms with Crippen molar-refractivity contribution in [3.8, 4) is 0 Å². The standard InChI is InChI=1S/C15H31F3N4.HI/c1-6-22(7-2)13(10-12(3)4)11-21-14(19-5)20-9-8-15(16,17)18;/h12-13H,6-11H2,1-5H3,(H2,19,20,21);1H. The van der Waals surface area contributed by atoms with Crippen LogP contribution in [-0.2, 0) is 0 Å². The summed E-state index contributed by atoms with van der Waals surface area (Å²) in [5, 5.41) is 5.85. The Balaban J connectivity index is 0. The highest BCUT2D eigenvalue weighted by molar-refractivity contribution is 14.0. The summed E-state index contributed by atoms with van der Waals surface area (Å²) in [5.41, 5.74) is 0. The first-order chi connectivity index (χ1) is 10.2. The Kier molecular flexibility index (Phi) is 14.2. The van der Waals surface area contributed by atoms with E-state index in [0.717, 1.165) is 19.5 Å². The molecule has 0 aliphatic rings. The topological polar surface area (TPSA) is 39.7 Å². The molecule has 140 valence electrons. The van der Waals surface area contributed by atoms with Gasteiger partial charge in [0.1, 0.15) is 0 Å². The maximum atomic E-state index is 12.2. The van der Waals surface area contributed by atoms with Crippen molar-refractivity contribution in [1.29, 1.82) is 0 Å². The number of nitrogens with one attached hydrogen (secondary N) is 2. The number of rotatable bonds is 9. The van der Waals surface area contributed by atoms with Crippen LogP contribution in [0.25, 0.3) is 0 Å². The highest BCUT2D eigenvalue weighted by atomic mass is 127. The largest absolute Gasteiger partial charge is 0.390 e. The molecule has 0 saturated carbocycles. The number of guanidine groups is 1. The number of hydrogen-bond donors (Lipinski definition) is 2. The number of alkyl halides is 3. The molecule has 0 aromatic carbocycles. The number of aliphatic imine (C=N–C) groups is 1. The van der Waals surface area contributed by atoms with Crippen LogP contribution >= 0.6 is 24.0 Å². The molecule has 0 saturated heterocycles. The van der Waals surface area contributed by atoms with E-state index in [1.807, 2.05) is 0 Å². The summed E-state index contributed by atoms with van der Waals surface area (Å²) in [6.07, 6.45) is -3.97. The lowest BCUT2D eigenvalue weighted by atomic mass is 10.0. The van der Waals surface area contributed by atoms with Gasteiger partial charge < -0.3 is 10.6 Å². The van der Waals surface area contributed by atoms with Gasteiger partial charge in [0.15, 0.2) is 5.96 Å². The van der Waals surface area contributed by atoms with Gasteiger partial charge >= 0.3 is 6.18 Å². The second-order valence-electron chi connectivity index (χ2n) is 5.75. The molecule has 0 heterocycles. The van der Waals surface area contributed by atoms with Gasteiger partial charge in [0.2, 0.25) is 0 Å². The summed E-state index contributed by atoms with van der Waals surface area (Å²) in [4.78, 5) is 6.34. The minimum absolute atomic E-state index is 0. The average Bonchev–Trinajstić information content (AvgIpc) is 2.41. The molecule has 0 radical (unpaired) electrons. The van der Waals surface area contributed by atoms with Gasteiger partial charge in [-0.2, -0.15) is 13.2 Å². The third-order valence-corrected chi connectivity index (χ3v) is 3.50. The predicted molar refractivity (Wildman–Crippen MR) is 102 cm³/mol. The van der Waals surface area contributed by atoms with Crippen LogP contribution in [0.15, 0.2) is 4.99 Å². The van der Waals surface area contributed by atoms with Crippen molar-refractivity contribution in [3.63, 3.8) is 0 Å². The van der Waals surface area contributed by atoms with Crippen LogP contribution in [-0.4, -0.2) is 56.3 Å². The number of likely N-dealkylation sites (N-methyl/N-ethyl adjacent to an activating group) is 1.